The summed E-state index contributed by atoms with van der Waals surface area (Å²) < 4.78 is 37.2. The number of halogens is 5. The molecule has 0 spiro atoms. The van der Waals surface area contributed by atoms with Crippen LogP contribution in [0.25, 0.3) is 0 Å². The van der Waals surface area contributed by atoms with Gasteiger partial charge in [0.05, 0.1) is 5.56 Å². The van der Waals surface area contributed by atoms with Gasteiger partial charge in [-0.15, -0.1) is 0 Å². The molecule has 0 aliphatic carbocycles. The van der Waals surface area contributed by atoms with Crippen molar-refractivity contribution in [1.29, 1.82) is 0 Å². The highest BCUT2D eigenvalue weighted by atomic mass is 127. The summed E-state index contributed by atoms with van der Waals surface area (Å²) >= 11 is 6.44. The monoisotopic (exact) mass is 335 g/mol. The van der Waals surface area contributed by atoms with Crippen LogP contribution >= 0.6 is 34.2 Å². The summed E-state index contributed by atoms with van der Waals surface area (Å²) in [4.78, 5) is 14.0. The number of hydrogen-bond acceptors (Lipinski definition) is 2. The van der Waals surface area contributed by atoms with E-state index in [0.717, 1.165) is 0 Å². The van der Waals surface area contributed by atoms with E-state index in [2.05, 4.69) is 4.98 Å². The van der Waals surface area contributed by atoms with Crippen LogP contribution in [-0.2, 0) is 0 Å². The topological polar surface area (TPSA) is 30.0 Å². The number of alkyl halides is 2. The molecule has 1 rings (SSSR count). The van der Waals surface area contributed by atoms with E-state index in [0.29, 0.717) is 6.07 Å². The van der Waals surface area contributed by atoms with Gasteiger partial charge in [0.2, 0.25) is 0 Å². The fraction of sp³-hybridized carbons (Fsp3) is 0.143. The van der Waals surface area contributed by atoms with Gasteiger partial charge in [-0.25, -0.2) is 18.2 Å². The Balaban J connectivity index is 3.32. The fourth-order valence-electron chi connectivity index (χ4n) is 0.790. The molecule has 0 aliphatic rings. The largest absolute Gasteiger partial charge is 0.274 e. The minimum absolute atomic E-state index is 0.262. The van der Waals surface area contributed by atoms with Crippen molar-refractivity contribution < 1.29 is 18.0 Å². The number of hydrogen-bond donors (Lipinski definition) is 0. The first-order valence-electron chi connectivity index (χ1n) is 3.27. The third-order valence-corrected chi connectivity index (χ3v) is 2.40. The van der Waals surface area contributed by atoms with Gasteiger partial charge in [0.25, 0.3) is 11.7 Å². The van der Waals surface area contributed by atoms with Crippen molar-refractivity contribution >= 4 is 39.4 Å². The predicted molar refractivity (Wildman–Crippen MR) is 52.1 cm³/mol. The highest BCUT2D eigenvalue weighted by Gasteiger charge is 2.20. The van der Waals surface area contributed by atoms with E-state index in [4.69, 9.17) is 11.6 Å². The zero-order valence-corrected chi connectivity index (χ0v) is 9.31. The molecule has 7 heteroatoms. The molecule has 0 atom stereocenters. The van der Waals surface area contributed by atoms with E-state index in [1.807, 2.05) is 0 Å². The highest BCUT2D eigenvalue weighted by molar-refractivity contribution is 14.1. The van der Waals surface area contributed by atoms with Crippen LogP contribution in [0, 0.1) is 9.52 Å². The van der Waals surface area contributed by atoms with Crippen LogP contribution in [0.4, 0.5) is 13.2 Å². The molecule has 14 heavy (non-hydrogen) atoms. The summed E-state index contributed by atoms with van der Waals surface area (Å²) in [6.07, 6.45) is -2.96. The summed E-state index contributed by atoms with van der Waals surface area (Å²) in [6, 6.07) is 0.596. The molecule has 1 aromatic heterocycles. The Bertz CT molecular complexity index is 362. The summed E-state index contributed by atoms with van der Waals surface area (Å²) in [7, 11) is 0. The molecule has 0 N–H and O–H groups in total. The molecule has 0 bridgehead atoms. The zero-order valence-electron chi connectivity index (χ0n) is 6.40. The highest BCUT2D eigenvalue weighted by Crippen LogP contribution is 2.26. The van der Waals surface area contributed by atoms with Gasteiger partial charge in [-0.2, -0.15) is 0 Å². The first-order chi connectivity index (χ1) is 6.43. The van der Waals surface area contributed by atoms with Crippen LogP contribution in [0.1, 0.15) is 22.5 Å². The quantitative estimate of drug-likeness (QED) is 0.472. The van der Waals surface area contributed by atoms with Gasteiger partial charge in [0.1, 0.15) is 15.2 Å². The lowest BCUT2D eigenvalue weighted by Crippen LogP contribution is -2.04. The maximum Gasteiger partial charge on any atom is 0.270 e. The van der Waals surface area contributed by atoms with Crippen LogP contribution in [0.3, 0.4) is 0 Å². The number of aromatic nitrogens is 1. The van der Waals surface area contributed by atoms with Crippen molar-refractivity contribution in [3.8, 4) is 0 Å². The molecule has 1 aromatic rings. The fourth-order valence-corrected chi connectivity index (χ4v) is 1.64. The number of rotatable bonds is 2. The lowest BCUT2D eigenvalue weighted by atomic mass is 10.2. The van der Waals surface area contributed by atoms with Gasteiger partial charge in [0.15, 0.2) is 0 Å². The standard InChI is InChI=1S/C7H2ClF3INO/c8-5(14)3-1-2(9)4(6(10)11)7(12)13-3/h1,6H. The molecule has 0 unspecified atom stereocenters. The van der Waals surface area contributed by atoms with Gasteiger partial charge in [-0.1, -0.05) is 0 Å². The molecule has 76 valence electrons. The average Bonchev–Trinajstić information content (AvgIpc) is 2.01. The first kappa shape index (κ1) is 11.7. The van der Waals surface area contributed by atoms with Crippen molar-refractivity contribution in [3.63, 3.8) is 0 Å². The minimum Gasteiger partial charge on any atom is -0.274 e. The van der Waals surface area contributed by atoms with E-state index in [1.54, 1.807) is 0 Å². The zero-order chi connectivity index (χ0) is 10.9. The Kier molecular flexibility index (Phi) is 3.71. The normalized spacial score (nSPS) is 10.7. The minimum atomic E-state index is -2.96. The molecule has 0 radical (unpaired) electrons. The van der Waals surface area contributed by atoms with E-state index < -0.39 is 23.0 Å². The Labute approximate surface area is 95.6 Å². The van der Waals surface area contributed by atoms with Gasteiger partial charge >= 0.3 is 0 Å². The summed E-state index contributed by atoms with van der Waals surface area (Å²) in [5.74, 6) is -1.18. The van der Waals surface area contributed by atoms with Crippen molar-refractivity contribution in [2.75, 3.05) is 0 Å². The van der Waals surface area contributed by atoms with Gasteiger partial charge in [-0.05, 0) is 34.2 Å². The molecule has 0 saturated heterocycles. The van der Waals surface area contributed by atoms with E-state index >= 15 is 0 Å². The van der Waals surface area contributed by atoms with Gasteiger partial charge in [-0.3, -0.25) is 4.79 Å². The second-order valence-corrected chi connectivity index (χ2v) is 3.63. The van der Waals surface area contributed by atoms with Crippen LogP contribution in [0.5, 0.6) is 0 Å². The lowest BCUT2D eigenvalue weighted by Gasteiger charge is -2.04. The van der Waals surface area contributed by atoms with Gasteiger partial charge in [0, 0.05) is 6.07 Å². The molecule has 0 aromatic carbocycles. The average molecular weight is 335 g/mol. The van der Waals surface area contributed by atoms with E-state index in [9.17, 15) is 18.0 Å². The number of carbonyl (C=O) groups is 1. The van der Waals surface area contributed by atoms with Gasteiger partial charge < -0.3 is 0 Å². The van der Waals surface area contributed by atoms with Crippen LogP contribution in [0.2, 0.25) is 0 Å². The van der Waals surface area contributed by atoms with Crippen LogP contribution < -0.4 is 0 Å². The first-order valence-corrected chi connectivity index (χ1v) is 4.73. The Morgan fingerprint density at radius 2 is 2.14 bits per heavy atom. The second-order valence-electron chi connectivity index (χ2n) is 2.27. The van der Waals surface area contributed by atoms with Crippen LogP contribution in [0.15, 0.2) is 6.07 Å². The maximum atomic E-state index is 13.0. The number of carbonyl (C=O) groups excluding carboxylic acids is 1. The third kappa shape index (κ3) is 2.35. The third-order valence-electron chi connectivity index (χ3n) is 1.38. The summed E-state index contributed by atoms with van der Waals surface area (Å²) in [5, 5.41) is -0.984. The van der Waals surface area contributed by atoms with E-state index in [-0.39, 0.29) is 9.39 Å². The van der Waals surface area contributed by atoms with Crippen molar-refractivity contribution in [2.45, 2.75) is 6.43 Å². The lowest BCUT2D eigenvalue weighted by molar-refractivity contribution is 0.107. The SMILES string of the molecule is O=C(Cl)c1cc(F)c(C(F)F)c(I)n1. The Morgan fingerprint density at radius 1 is 1.57 bits per heavy atom. The molecular weight excluding hydrogens is 333 g/mol. The molecular formula is C7H2ClF3INO. The molecule has 0 fully saturated rings. The second kappa shape index (κ2) is 4.43. The summed E-state index contributed by atoms with van der Waals surface area (Å²) in [5.41, 5.74) is -1.19. The van der Waals surface area contributed by atoms with E-state index in [1.165, 1.54) is 22.6 Å². The Hall–Kier alpha value is -0.370. The summed E-state index contributed by atoms with van der Waals surface area (Å²) in [6.45, 7) is 0. The molecule has 0 saturated carbocycles. The smallest absolute Gasteiger partial charge is 0.270 e. The number of pyridine rings is 1. The van der Waals surface area contributed by atoms with Crippen molar-refractivity contribution in [2.24, 2.45) is 0 Å². The molecule has 0 amide bonds. The van der Waals surface area contributed by atoms with Crippen molar-refractivity contribution in [3.05, 3.63) is 26.8 Å². The van der Waals surface area contributed by atoms with Crippen molar-refractivity contribution in [1.82, 2.24) is 4.98 Å². The molecule has 0 aliphatic heterocycles. The molecule has 2 nitrogen and oxygen atoms in total. The Morgan fingerprint density at radius 3 is 2.50 bits per heavy atom. The van der Waals surface area contributed by atoms with Crippen LogP contribution in [-0.4, -0.2) is 10.2 Å². The maximum absolute atomic E-state index is 13.0. The molecule has 1 heterocycles. The number of nitrogens with zero attached hydrogens (tertiary/aromatic N) is 1. The predicted octanol–water partition coefficient (Wildman–Crippen LogP) is 3.14.